The molecule has 0 atom stereocenters. The van der Waals surface area contributed by atoms with Crippen LogP contribution in [-0.2, 0) is 28.8 Å². The predicted octanol–water partition coefficient (Wildman–Crippen LogP) is 8.75. The van der Waals surface area contributed by atoms with E-state index in [4.69, 9.17) is 0 Å². The molecule has 6 heteroatoms. The summed E-state index contributed by atoms with van der Waals surface area (Å²) in [6.45, 7) is 21.4. The quantitative estimate of drug-likeness (QED) is 0.203. The van der Waals surface area contributed by atoms with Crippen LogP contribution in [0, 0.1) is 45.3 Å². The molecular formula is C38H64O6. The first-order valence-electron chi connectivity index (χ1n) is 17.1. The van der Waals surface area contributed by atoms with Gasteiger partial charge in [0.05, 0.1) is 0 Å². The van der Waals surface area contributed by atoms with E-state index in [-0.39, 0.29) is 34.7 Å². The number of carbonyl (C=O) groups excluding carboxylic acids is 6. The van der Waals surface area contributed by atoms with E-state index in [0.717, 1.165) is 12.8 Å². The highest BCUT2D eigenvalue weighted by molar-refractivity contribution is 6.22. The van der Waals surface area contributed by atoms with E-state index in [1.165, 1.54) is 51.4 Å². The lowest BCUT2D eigenvalue weighted by molar-refractivity contribution is -0.149. The van der Waals surface area contributed by atoms with Gasteiger partial charge in [-0.15, -0.1) is 0 Å². The molecule has 2 aliphatic carbocycles. The van der Waals surface area contributed by atoms with Crippen molar-refractivity contribution in [2.75, 3.05) is 0 Å². The molecule has 0 unspecified atom stereocenters. The molecular weight excluding hydrogens is 552 g/mol. The van der Waals surface area contributed by atoms with Gasteiger partial charge in [-0.05, 0) is 24.7 Å². The lowest BCUT2D eigenvalue weighted by Crippen LogP contribution is -2.43. The molecule has 0 heterocycles. The number of carbonyl (C=O) groups is 6. The van der Waals surface area contributed by atoms with E-state index in [1.807, 2.05) is 0 Å². The molecule has 0 saturated heterocycles. The second kappa shape index (κ2) is 16.0. The second-order valence-electron chi connectivity index (χ2n) is 17.6. The van der Waals surface area contributed by atoms with E-state index in [1.54, 1.807) is 83.1 Å². The Morgan fingerprint density at radius 1 is 0.432 bits per heavy atom. The van der Waals surface area contributed by atoms with E-state index in [9.17, 15) is 28.8 Å². The van der Waals surface area contributed by atoms with Crippen molar-refractivity contribution >= 4 is 34.7 Å². The normalized spacial score (nSPS) is 17.0. The van der Waals surface area contributed by atoms with Crippen molar-refractivity contribution in [3.05, 3.63) is 0 Å². The predicted molar refractivity (Wildman–Crippen MR) is 177 cm³/mol. The average molecular weight is 617 g/mol. The molecule has 0 spiro atoms. The van der Waals surface area contributed by atoms with Gasteiger partial charge in [0.2, 0.25) is 0 Å². The maximum Gasteiger partial charge on any atom is 0.156 e. The molecule has 0 aromatic rings. The zero-order chi connectivity index (χ0) is 34.3. The minimum Gasteiger partial charge on any atom is -0.298 e. The van der Waals surface area contributed by atoms with E-state index >= 15 is 0 Å². The molecule has 0 aliphatic heterocycles. The van der Waals surface area contributed by atoms with Gasteiger partial charge in [0.1, 0.15) is 11.8 Å². The van der Waals surface area contributed by atoms with Gasteiger partial charge in [0.25, 0.3) is 0 Å². The van der Waals surface area contributed by atoms with Crippen molar-refractivity contribution in [2.45, 2.75) is 160 Å². The van der Waals surface area contributed by atoms with Gasteiger partial charge in [0.15, 0.2) is 34.7 Å². The highest BCUT2D eigenvalue weighted by Crippen LogP contribution is 2.34. The van der Waals surface area contributed by atoms with Crippen LogP contribution in [-0.4, -0.2) is 34.7 Å². The van der Waals surface area contributed by atoms with Gasteiger partial charge in [-0.1, -0.05) is 134 Å². The Balaban J connectivity index is 0.000000440. The number of hydrogen-bond acceptors (Lipinski definition) is 6. The third-order valence-electron chi connectivity index (χ3n) is 9.20. The van der Waals surface area contributed by atoms with E-state index < -0.39 is 33.5 Å². The highest BCUT2D eigenvalue weighted by atomic mass is 16.2. The Morgan fingerprint density at radius 2 is 0.636 bits per heavy atom. The van der Waals surface area contributed by atoms with Crippen molar-refractivity contribution in [2.24, 2.45) is 45.3 Å². The van der Waals surface area contributed by atoms with Crippen LogP contribution >= 0.6 is 0 Å². The van der Waals surface area contributed by atoms with Gasteiger partial charge in [-0.2, -0.15) is 0 Å². The van der Waals surface area contributed by atoms with Crippen molar-refractivity contribution in [1.29, 1.82) is 0 Å². The van der Waals surface area contributed by atoms with Gasteiger partial charge >= 0.3 is 0 Å². The van der Waals surface area contributed by atoms with Crippen molar-refractivity contribution in [3.8, 4) is 0 Å². The summed E-state index contributed by atoms with van der Waals surface area (Å²) in [6.07, 6.45) is 12.0. The highest BCUT2D eigenvalue weighted by Gasteiger charge is 2.44. The monoisotopic (exact) mass is 616 g/mol. The van der Waals surface area contributed by atoms with Crippen molar-refractivity contribution < 1.29 is 28.8 Å². The molecule has 2 rings (SSSR count). The van der Waals surface area contributed by atoms with Crippen molar-refractivity contribution in [3.63, 3.8) is 0 Å². The standard InChI is InChI=1S/2C19H32O3/c2*1-18(2,3)16(21)15(17(22)19(4,5)6)14(20)12-11-13-9-7-8-10-13/h2*13,15H,7-12H2,1-6H3. The summed E-state index contributed by atoms with van der Waals surface area (Å²) in [5, 5.41) is 0. The lowest BCUT2D eigenvalue weighted by Gasteiger charge is -2.28. The fraction of sp³-hybridized carbons (Fsp3) is 0.842. The van der Waals surface area contributed by atoms with Gasteiger partial charge in [-0.25, -0.2) is 0 Å². The van der Waals surface area contributed by atoms with E-state index in [2.05, 4.69) is 0 Å². The first kappa shape index (κ1) is 40.0. The van der Waals surface area contributed by atoms with Crippen LogP contribution in [0.2, 0.25) is 0 Å². The van der Waals surface area contributed by atoms with Crippen LogP contribution in [0.1, 0.15) is 160 Å². The first-order chi connectivity index (χ1) is 19.9. The van der Waals surface area contributed by atoms with Crippen LogP contribution in [0.15, 0.2) is 0 Å². The molecule has 2 saturated carbocycles. The summed E-state index contributed by atoms with van der Waals surface area (Å²) in [4.78, 5) is 75.9. The lowest BCUT2D eigenvalue weighted by atomic mass is 9.72. The smallest absolute Gasteiger partial charge is 0.156 e. The molecule has 0 radical (unpaired) electrons. The Labute approximate surface area is 268 Å². The van der Waals surface area contributed by atoms with Crippen LogP contribution in [0.25, 0.3) is 0 Å². The number of rotatable bonds is 12. The minimum atomic E-state index is -1.08. The number of Topliss-reactive ketones (excluding diaryl/α,β-unsaturated/α-hetero) is 6. The summed E-state index contributed by atoms with van der Waals surface area (Å²) >= 11 is 0. The fourth-order valence-electron chi connectivity index (χ4n) is 6.13. The topological polar surface area (TPSA) is 102 Å². The summed E-state index contributed by atoms with van der Waals surface area (Å²) in [6, 6.07) is 0. The first-order valence-corrected chi connectivity index (χ1v) is 17.1. The van der Waals surface area contributed by atoms with Gasteiger partial charge in [-0.3, -0.25) is 28.8 Å². The Hall–Kier alpha value is -1.98. The van der Waals surface area contributed by atoms with Crippen LogP contribution in [0.3, 0.4) is 0 Å². The van der Waals surface area contributed by atoms with Crippen LogP contribution in [0.4, 0.5) is 0 Å². The number of ketones is 6. The second-order valence-corrected chi connectivity index (χ2v) is 17.6. The molecule has 0 N–H and O–H groups in total. The van der Waals surface area contributed by atoms with E-state index in [0.29, 0.717) is 24.7 Å². The molecule has 44 heavy (non-hydrogen) atoms. The zero-order valence-corrected chi connectivity index (χ0v) is 30.2. The van der Waals surface area contributed by atoms with Gasteiger partial charge in [0, 0.05) is 34.5 Å². The third-order valence-corrected chi connectivity index (χ3v) is 9.20. The summed E-state index contributed by atoms with van der Waals surface area (Å²) < 4.78 is 0. The van der Waals surface area contributed by atoms with Crippen LogP contribution < -0.4 is 0 Å². The zero-order valence-electron chi connectivity index (χ0n) is 30.2. The molecule has 0 aromatic heterocycles. The average Bonchev–Trinajstić information content (AvgIpc) is 3.59. The fourth-order valence-corrected chi connectivity index (χ4v) is 6.13. The number of hydrogen-bond donors (Lipinski definition) is 0. The molecule has 6 nitrogen and oxygen atoms in total. The minimum absolute atomic E-state index is 0.174. The van der Waals surface area contributed by atoms with Gasteiger partial charge < -0.3 is 0 Å². The Bertz CT molecular complexity index is 889. The third kappa shape index (κ3) is 12.4. The summed E-state index contributed by atoms with van der Waals surface area (Å²) in [5.74, 6) is -2.25. The summed E-state index contributed by atoms with van der Waals surface area (Å²) in [7, 11) is 0. The maximum atomic E-state index is 12.6. The molecule has 0 amide bonds. The summed E-state index contributed by atoms with van der Waals surface area (Å²) in [5.41, 5.74) is -2.69. The molecule has 2 aliphatic rings. The Kier molecular flexibility index (Phi) is 14.6. The van der Waals surface area contributed by atoms with Crippen molar-refractivity contribution in [1.82, 2.24) is 0 Å². The largest absolute Gasteiger partial charge is 0.298 e. The maximum absolute atomic E-state index is 12.6. The SMILES string of the molecule is CC(C)(C)C(=O)C(C(=O)CCC1CCCC1)C(=O)C(C)(C)C.CC(C)(C)C(=O)C(C(=O)CCC1CCCC1)C(=O)C(C)(C)C. The molecule has 252 valence electrons. The molecule has 0 aromatic carbocycles. The van der Waals surface area contributed by atoms with Crippen LogP contribution in [0.5, 0.6) is 0 Å². The molecule has 2 fully saturated rings. The molecule has 0 bridgehead atoms. The Morgan fingerprint density at radius 3 is 0.818 bits per heavy atom.